The van der Waals surface area contributed by atoms with Crippen molar-refractivity contribution in [2.75, 3.05) is 13.2 Å². The van der Waals surface area contributed by atoms with Gasteiger partial charge in [-0.2, -0.15) is 0 Å². The van der Waals surface area contributed by atoms with Gasteiger partial charge in [-0.3, -0.25) is 0 Å². The largest absolute Gasteiger partial charge is 0.494 e. The van der Waals surface area contributed by atoms with Gasteiger partial charge in [-0.25, -0.2) is 0 Å². The molecular weight excluding hydrogens is 396 g/mol. The molecule has 5 unspecified atom stereocenters. The molecule has 0 spiro atoms. The van der Waals surface area contributed by atoms with Crippen molar-refractivity contribution in [3.8, 4) is 5.75 Å². The van der Waals surface area contributed by atoms with Crippen LogP contribution in [-0.4, -0.2) is 53.1 Å². The van der Waals surface area contributed by atoms with Crippen molar-refractivity contribution in [3.05, 3.63) is 64.2 Å². The first-order valence-corrected chi connectivity index (χ1v) is 10.1. The Kier molecular flexibility index (Phi) is 7.51. The zero-order valence-corrected chi connectivity index (χ0v) is 17.2. The zero-order valence-electron chi connectivity index (χ0n) is 16.5. The Morgan fingerprint density at radius 3 is 2.31 bits per heavy atom. The normalized spacial score (nSPS) is 27.0. The van der Waals surface area contributed by atoms with E-state index in [-0.39, 0.29) is 0 Å². The van der Waals surface area contributed by atoms with Crippen molar-refractivity contribution >= 4 is 11.6 Å². The predicted octanol–water partition coefficient (Wildman–Crippen LogP) is 2.85. The zero-order chi connectivity index (χ0) is 21.0. The first-order chi connectivity index (χ1) is 13.9. The maximum atomic E-state index is 10.4. The summed E-state index contributed by atoms with van der Waals surface area (Å²) in [5.74, 6) is 0.810. The van der Waals surface area contributed by atoms with Crippen LogP contribution in [0.2, 0.25) is 5.02 Å². The molecule has 1 aliphatic heterocycles. The molecule has 2 aromatic carbocycles. The van der Waals surface area contributed by atoms with E-state index in [1.54, 1.807) is 19.1 Å². The molecule has 7 heteroatoms. The van der Waals surface area contributed by atoms with E-state index in [0.717, 1.165) is 16.9 Å². The average molecular weight is 423 g/mol. The highest BCUT2D eigenvalue weighted by molar-refractivity contribution is 6.31. The summed E-state index contributed by atoms with van der Waals surface area (Å²) in [6, 6.07) is 13.1. The van der Waals surface area contributed by atoms with Crippen LogP contribution in [-0.2, 0) is 15.9 Å². The molecule has 1 saturated heterocycles. The molecule has 0 radical (unpaired) electrons. The minimum Gasteiger partial charge on any atom is -0.494 e. The Balaban J connectivity index is 1.82. The minimum absolute atomic E-state index is 0.306. The molecule has 6 nitrogen and oxygen atoms in total. The van der Waals surface area contributed by atoms with E-state index < -0.39 is 30.7 Å². The van der Waals surface area contributed by atoms with Gasteiger partial charge >= 0.3 is 0 Å². The summed E-state index contributed by atoms with van der Waals surface area (Å²) < 4.78 is 16.6. The average Bonchev–Trinajstić information content (AvgIpc) is 2.72. The van der Waals surface area contributed by atoms with Crippen LogP contribution in [0.5, 0.6) is 5.75 Å². The molecule has 0 aliphatic carbocycles. The van der Waals surface area contributed by atoms with E-state index in [2.05, 4.69) is 0 Å². The van der Waals surface area contributed by atoms with E-state index >= 15 is 0 Å². The van der Waals surface area contributed by atoms with Crippen LogP contribution in [0.4, 0.5) is 0 Å². The van der Waals surface area contributed by atoms with E-state index in [1.807, 2.05) is 37.3 Å². The summed E-state index contributed by atoms with van der Waals surface area (Å²) >= 11 is 6.39. The van der Waals surface area contributed by atoms with Crippen LogP contribution in [0.1, 0.15) is 36.6 Å². The molecule has 5 atom stereocenters. The maximum Gasteiger partial charge on any atom is 0.186 e. The molecule has 0 amide bonds. The molecule has 158 valence electrons. The highest BCUT2D eigenvalue weighted by Gasteiger charge is 2.44. The lowest BCUT2D eigenvalue weighted by Crippen LogP contribution is -2.54. The summed E-state index contributed by atoms with van der Waals surface area (Å²) in [7, 11) is 0. The van der Waals surface area contributed by atoms with E-state index in [4.69, 9.17) is 25.8 Å². The van der Waals surface area contributed by atoms with Gasteiger partial charge < -0.3 is 29.5 Å². The fourth-order valence-corrected chi connectivity index (χ4v) is 3.61. The third kappa shape index (κ3) is 5.09. The fourth-order valence-electron chi connectivity index (χ4n) is 3.42. The Labute approximate surface area is 175 Å². The lowest BCUT2D eigenvalue weighted by Gasteiger charge is -2.40. The summed E-state index contributed by atoms with van der Waals surface area (Å²) in [6.07, 6.45) is -5.27. The van der Waals surface area contributed by atoms with Crippen LogP contribution < -0.4 is 4.74 Å². The van der Waals surface area contributed by atoms with Crippen LogP contribution in [0, 0.1) is 0 Å². The Morgan fingerprint density at radius 2 is 1.66 bits per heavy atom. The Morgan fingerprint density at radius 1 is 0.931 bits per heavy atom. The fraction of sp³-hybridized carbons (Fsp3) is 0.455. The second-order valence-corrected chi connectivity index (χ2v) is 7.36. The van der Waals surface area contributed by atoms with Crippen LogP contribution >= 0.6 is 11.6 Å². The topological polar surface area (TPSA) is 88.4 Å². The van der Waals surface area contributed by atoms with Crippen molar-refractivity contribution in [3.63, 3.8) is 0 Å². The van der Waals surface area contributed by atoms with Gasteiger partial charge in [0.1, 0.15) is 30.2 Å². The van der Waals surface area contributed by atoms with Gasteiger partial charge in [0.2, 0.25) is 0 Å². The van der Waals surface area contributed by atoms with Crippen LogP contribution in [0.25, 0.3) is 0 Å². The summed E-state index contributed by atoms with van der Waals surface area (Å²) in [6.45, 7) is 4.62. The molecule has 3 N–H and O–H groups in total. The number of aliphatic hydroxyl groups is 3. The molecule has 3 rings (SSSR count). The standard InChI is InChI=1S/C22H27ClO6/c1-3-27-16-8-5-13(6-9-16)11-15-12-14(7-10-17(15)23)21-19(25)18(24)20(26)22(29-21)28-4-2/h5-10,12,18-22,24-26H,3-4,11H2,1-2H3. The summed E-state index contributed by atoms with van der Waals surface area (Å²) in [5.41, 5.74) is 2.57. The monoisotopic (exact) mass is 422 g/mol. The third-order valence-corrected chi connectivity index (χ3v) is 5.30. The summed E-state index contributed by atoms with van der Waals surface area (Å²) in [4.78, 5) is 0. The van der Waals surface area contributed by atoms with Gasteiger partial charge in [-0.1, -0.05) is 35.9 Å². The summed E-state index contributed by atoms with van der Waals surface area (Å²) in [5, 5.41) is 31.3. The number of halogens is 1. The van der Waals surface area contributed by atoms with E-state index in [9.17, 15) is 15.3 Å². The quantitative estimate of drug-likeness (QED) is 0.636. The molecule has 1 aliphatic rings. The van der Waals surface area contributed by atoms with Gasteiger partial charge in [-0.15, -0.1) is 0 Å². The molecule has 1 fully saturated rings. The minimum atomic E-state index is -1.38. The molecule has 0 saturated carbocycles. The first-order valence-electron chi connectivity index (χ1n) is 9.75. The van der Waals surface area contributed by atoms with Gasteiger partial charge in [0.15, 0.2) is 6.29 Å². The number of rotatable bonds is 7. The van der Waals surface area contributed by atoms with Crippen molar-refractivity contribution in [2.24, 2.45) is 0 Å². The number of aliphatic hydroxyl groups excluding tert-OH is 3. The number of ether oxygens (including phenoxy) is 3. The van der Waals surface area contributed by atoms with E-state index in [0.29, 0.717) is 30.2 Å². The van der Waals surface area contributed by atoms with Crippen LogP contribution in [0.15, 0.2) is 42.5 Å². The molecule has 0 aromatic heterocycles. The lowest BCUT2D eigenvalue weighted by molar-refractivity contribution is -0.298. The van der Waals surface area contributed by atoms with Crippen molar-refractivity contribution in [2.45, 2.75) is 51.0 Å². The van der Waals surface area contributed by atoms with Crippen molar-refractivity contribution in [1.82, 2.24) is 0 Å². The SMILES string of the molecule is CCOc1ccc(Cc2cc(C3OC(OCC)C(O)C(O)C3O)ccc2Cl)cc1. The highest BCUT2D eigenvalue weighted by atomic mass is 35.5. The van der Waals surface area contributed by atoms with Gasteiger partial charge in [0.25, 0.3) is 0 Å². The second kappa shape index (κ2) is 9.89. The third-order valence-electron chi connectivity index (χ3n) is 4.93. The molecule has 0 bridgehead atoms. The Bertz CT molecular complexity index is 796. The smallest absolute Gasteiger partial charge is 0.186 e. The lowest BCUT2D eigenvalue weighted by atomic mass is 9.92. The van der Waals surface area contributed by atoms with Gasteiger partial charge in [0, 0.05) is 11.6 Å². The first kappa shape index (κ1) is 22.0. The van der Waals surface area contributed by atoms with Gasteiger partial charge in [0.05, 0.1) is 6.61 Å². The number of hydrogen-bond donors (Lipinski definition) is 3. The highest BCUT2D eigenvalue weighted by Crippen LogP contribution is 2.35. The van der Waals surface area contributed by atoms with Crippen molar-refractivity contribution in [1.29, 1.82) is 0 Å². The molecule has 29 heavy (non-hydrogen) atoms. The molecule has 1 heterocycles. The maximum absolute atomic E-state index is 10.4. The van der Waals surface area contributed by atoms with E-state index in [1.165, 1.54) is 0 Å². The number of hydrogen-bond acceptors (Lipinski definition) is 6. The van der Waals surface area contributed by atoms with Crippen molar-refractivity contribution < 1.29 is 29.5 Å². The molecular formula is C22H27ClO6. The number of benzene rings is 2. The predicted molar refractivity (Wildman–Crippen MR) is 109 cm³/mol. The Hall–Kier alpha value is -1.67. The molecule has 2 aromatic rings. The van der Waals surface area contributed by atoms with Crippen LogP contribution in [0.3, 0.4) is 0 Å². The second-order valence-electron chi connectivity index (χ2n) is 6.96. The van der Waals surface area contributed by atoms with Gasteiger partial charge in [-0.05, 0) is 55.2 Å².